The van der Waals surface area contributed by atoms with E-state index in [2.05, 4.69) is 21.8 Å². The third-order valence-corrected chi connectivity index (χ3v) is 4.60. The zero-order valence-electron chi connectivity index (χ0n) is 14.8. The highest BCUT2D eigenvalue weighted by Crippen LogP contribution is 2.24. The molecule has 0 N–H and O–H groups in total. The topological polar surface area (TPSA) is 58.6 Å². The van der Waals surface area contributed by atoms with Crippen molar-refractivity contribution >= 4 is 11.6 Å². The van der Waals surface area contributed by atoms with Crippen LogP contribution in [0.15, 0.2) is 42.9 Å². The Labute approximate surface area is 148 Å². The molecule has 2 aromatic rings. The summed E-state index contributed by atoms with van der Waals surface area (Å²) in [5.74, 6) is -0.0706. The summed E-state index contributed by atoms with van der Waals surface area (Å²) in [6.07, 6.45) is 6.05. The summed E-state index contributed by atoms with van der Waals surface area (Å²) in [4.78, 5) is 25.3. The largest absolute Gasteiger partial charge is 0.378 e. The van der Waals surface area contributed by atoms with Gasteiger partial charge in [-0.2, -0.15) is 0 Å². The zero-order valence-corrected chi connectivity index (χ0v) is 14.8. The minimum Gasteiger partial charge on any atom is -0.378 e. The molecular formula is C19H24N4O2. The average molecular weight is 340 g/mol. The molecule has 0 bridgehead atoms. The van der Waals surface area contributed by atoms with Crippen molar-refractivity contribution in [3.8, 4) is 0 Å². The van der Waals surface area contributed by atoms with E-state index in [1.54, 1.807) is 23.5 Å². The van der Waals surface area contributed by atoms with Gasteiger partial charge in [0.05, 0.1) is 19.3 Å². The lowest BCUT2D eigenvalue weighted by atomic mass is 10.0. The molecule has 1 amide bonds. The van der Waals surface area contributed by atoms with Gasteiger partial charge in [0.15, 0.2) is 0 Å². The van der Waals surface area contributed by atoms with E-state index in [1.807, 2.05) is 31.3 Å². The van der Waals surface area contributed by atoms with E-state index in [1.165, 1.54) is 0 Å². The highest BCUT2D eigenvalue weighted by molar-refractivity contribution is 5.93. The molecule has 1 unspecified atom stereocenters. The van der Waals surface area contributed by atoms with Gasteiger partial charge in [-0.1, -0.05) is 6.92 Å². The molecule has 3 rings (SSSR count). The molecule has 0 aliphatic carbocycles. The number of amides is 1. The second kappa shape index (κ2) is 8.07. The van der Waals surface area contributed by atoms with Gasteiger partial charge in [0.2, 0.25) is 0 Å². The molecule has 25 heavy (non-hydrogen) atoms. The van der Waals surface area contributed by atoms with Crippen LogP contribution in [-0.2, 0) is 4.74 Å². The Kier molecular flexibility index (Phi) is 5.60. The van der Waals surface area contributed by atoms with Crippen LogP contribution in [0.2, 0.25) is 0 Å². The fourth-order valence-electron chi connectivity index (χ4n) is 3.20. The van der Waals surface area contributed by atoms with Crippen molar-refractivity contribution in [3.63, 3.8) is 0 Å². The monoisotopic (exact) mass is 340 g/mol. The molecule has 3 heterocycles. The van der Waals surface area contributed by atoms with Crippen LogP contribution in [0, 0.1) is 0 Å². The van der Waals surface area contributed by atoms with Crippen molar-refractivity contribution in [1.82, 2.24) is 14.9 Å². The number of rotatable bonds is 5. The molecule has 2 aromatic heterocycles. The van der Waals surface area contributed by atoms with E-state index in [9.17, 15) is 4.79 Å². The smallest absolute Gasteiger partial charge is 0.272 e. The van der Waals surface area contributed by atoms with E-state index >= 15 is 0 Å². The van der Waals surface area contributed by atoms with Gasteiger partial charge in [-0.3, -0.25) is 14.8 Å². The molecule has 0 saturated carbocycles. The summed E-state index contributed by atoms with van der Waals surface area (Å²) in [5.41, 5.74) is 2.57. The second-order valence-electron chi connectivity index (χ2n) is 6.12. The van der Waals surface area contributed by atoms with Crippen molar-refractivity contribution in [2.24, 2.45) is 0 Å². The van der Waals surface area contributed by atoms with Crippen molar-refractivity contribution in [2.45, 2.75) is 19.4 Å². The van der Waals surface area contributed by atoms with Gasteiger partial charge in [0, 0.05) is 44.4 Å². The molecule has 0 aromatic carbocycles. The van der Waals surface area contributed by atoms with Crippen LogP contribution in [0.25, 0.3) is 0 Å². The Bertz CT molecular complexity index is 702. The number of hydrogen-bond acceptors (Lipinski definition) is 5. The maximum absolute atomic E-state index is 13.0. The number of pyridine rings is 2. The highest BCUT2D eigenvalue weighted by Gasteiger charge is 2.23. The fraction of sp³-hybridized carbons (Fsp3) is 0.421. The molecule has 1 atom stereocenters. The molecule has 0 spiro atoms. The van der Waals surface area contributed by atoms with Gasteiger partial charge in [-0.05, 0) is 36.2 Å². The minimum atomic E-state index is -0.0706. The number of ether oxygens (including phenoxy) is 1. The van der Waals surface area contributed by atoms with Crippen LogP contribution in [0.5, 0.6) is 0 Å². The lowest BCUT2D eigenvalue weighted by Gasteiger charge is -2.30. The quantitative estimate of drug-likeness (QED) is 0.837. The predicted octanol–water partition coefficient (Wildman–Crippen LogP) is 2.54. The molecule has 1 fully saturated rings. The van der Waals surface area contributed by atoms with Crippen LogP contribution in [-0.4, -0.2) is 54.1 Å². The fourth-order valence-corrected chi connectivity index (χ4v) is 3.20. The first kappa shape index (κ1) is 17.4. The van der Waals surface area contributed by atoms with Crippen molar-refractivity contribution in [1.29, 1.82) is 0 Å². The van der Waals surface area contributed by atoms with E-state index in [4.69, 9.17) is 4.74 Å². The lowest BCUT2D eigenvalue weighted by molar-refractivity contribution is 0.0720. The second-order valence-corrected chi connectivity index (χ2v) is 6.12. The van der Waals surface area contributed by atoms with Gasteiger partial charge >= 0.3 is 0 Å². The summed E-state index contributed by atoms with van der Waals surface area (Å²) in [6, 6.07) is 7.74. The Morgan fingerprint density at radius 3 is 2.64 bits per heavy atom. The normalized spacial score (nSPS) is 15.7. The van der Waals surface area contributed by atoms with E-state index < -0.39 is 0 Å². The van der Waals surface area contributed by atoms with Gasteiger partial charge in [-0.15, -0.1) is 0 Å². The van der Waals surface area contributed by atoms with Gasteiger partial charge in [-0.25, -0.2) is 0 Å². The number of carbonyl (C=O) groups excluding carboxylic acids is 1. The Hall–Kier alpha value is -2.47. The van der Waals surface area contributed by atoms with E-state index in [0.717, 1.165) is 30.8 Å². The van der Waals surface area contributed by atoms with Crippen molar-refractivity contribution < 1.29 is 9.53 Å². The van der Waals surface area contributed by atoms with Crippen LogP contribution >= 0.6 is 0 Å². The third kappa shape index (κ3) is 3.96. The van der Waals surface area contributed by atoms with E-state index in [0.29, 0.717) is 18.9 Å². The molecular weight excluding hydrogens is 316 g/mol. The highest BCUT2D eigenvalue weighted by atomic mass is 16.5. The van der Waals surface area contributed by atoms with Crippen LogP contribution < -0.4 is 4.90 Å². The Morgan fingerprint density at radius 2 is 1.96 bits per heavy atom. The first-order valence-corrected chi connectivity index (χ1v) is 8.66. The van der Waals surface area contributed by atoms with Gasteiger partial charge in [0.1, 0.15) is 5.69 Å². The molecule has 1 saturated heterocycles. The first-order chi connectivity index (χ1) is 12.2. The molecule has 6 nitrogen and oxygen atoms in total. The molecule has 1 aliphatic heterocycles. The van der Waals surface area contributed by atoms with Gasteiger partial charge < -0.3 is 14.5 Å². The van der Waals surface area contributed by atoms with E-state index in [-0.39, 0.29) is 11.9 Å². The summed E-state index contributed by atoms with van der Waals surface area (Å²) in [6.45, 7) is 5.17. The molecule has 132 valence electrons. The standard InChI is InChI=1S/C19H24N4O2/c1-3-18(15-4-7-20-8-5-15)22(2)19(24)17-14-16(6-9-21-17)23-10-12-25-13-11-23/h4-9,14,18H,3,10-13H2,1-2H3. The Balaban J connectivity index is 1.79. The van der Waals surface area contributed by atoms with Crippen LogP contribution in [0.1, 0.15) is 35.4 Å². The van der Waals surface area contributed by atoms with Crippen molar-refractivity contribution in [3.05, 3.63) is 54.1 Å². The summed E-state index contributed by atoms with van der Waals surface area (Å²) >= 11 is 0. The number of nitrogens with zero attached hydrogens (tertiary/aromatic N) is 4. The number of morpholine rings is 1. The number of carbonyl (C=O) groups is 1. The Morgan fingerprint density at radius 1 is 1.24 bits per heavy atom. The number of hydrogen-bond donors (Lipinski definition) is 0. The summed E-state index contributed by atoms with van der Waals surface area (Å²) in [7, 11) is 1.83. The molecule has 0 radical (unpaired) electrons. The third-order valence-electron chi connectivity index (χ3n) is 4.60. The SMILES string of the molecule is CCC(c1ccncc1)N(C)C(=O)c1cc(N2CCOCC2)ccn1. The van der Waals surface area contributed by atoms with Crippen LogP contribution in [0.3, 0.4) is 0 Å². The summed E-state index contributed by atoms with van der Waals surface area (Å²) < 4.78 is 5.39. The zero-order chi connectivity index (χ0) is 17.6. The summed E-state index contributed by atoms with van der Waals surface area (Å²) in [5, 5.41) is 0. The first-order valence-electron chi connectivity index (χ1n) is 8.66. The maximum atomic E-state index is 13.0. The number of aromatic nitrogens is 2. The maximum Gasteiger partial charge on any atom is 0.272 e. The predicted molar refractivity (Wildman–Crippen MR) is 96.6 cm³/mol. The number of anilines is 1. The average Bonchev–Trinajstić information content (AvgIpc) is 2.69. The minimum absolute atomic E-state index is 0.00402. The molecule has 1 aliphatic rings. The van der Waals surface area contributed by atoms with Crippen LogP contribution in [0.4, 0.5) is 5.69 Å². The van der Waals surface area contributed by atoms with Gasteiger partial charge in [0.25, 0.3) is 5.91 Å². The van der Waals surface area contributed by atoms with Crippen molar-refractivity contribution in [2.75, 3.05) is 38.3 Å². The lowest BCUT2D eigenvalue weighted by Crippen LogP contribution is -2.36. The molecule has 6 heteroatoms.